The van der Waals surface area contributed by atoms with Crippen LogP contribution in [-0.4, -0.2) is 51.8 Å². The van der Waals surface area contributed by atoms with Gasteiger partial charge in [0, 0.05) is 11.1 Å². The van der Waals surface area contributed by atoms with E-state index in [1.54, 1.807) is 6.21 Å². The SMILES string of the molecule is CCCCCCCCCCCCCCCCOc1cc(C(=O)N/N=C/c2ccc(OCCCCCCCCCCCC)c(OCCCCCCCCCCCC)c2OCCCCCCCCCCCC)cc(OCCCCCCCCCCCCCCCC)c1OCCCCCCCCCCCCCCCC. The topological polar surface area (TPSA) is 96.8 Å². The van der Waals surface area contributed by atoms with Crippen LogP contribution in [-0.2, 0) is 0 Å². The number of hydrogen-bond acceptors (Lipinski definition) is 8. The van der Waals surface area contributed by atoms with Gasteiger partial charge in [-0.05, 0) is 62.8 Å². The van der Waals surface area contributed by atoms with E-state index in [9.17, 15) is 4.79 Å². The molecule has 107 heavy (non-hydrogen) atoms. The molecule has 1 amide bonds. The second-order valence-electron chi connectivity index (χ2n) is 32.7. The normalized spacial score (nSPS) is 11.6. The summed E-state index contributed by atoms with van der Waals surface area (Å²) < 4.78 is 40.7. The van der Waals surface area contributed by atoms with Crippen LogP contribution in [0.1, 0.15) is 520 Å². The Morgan fingerprint density at radius 1 is 0.243 bits per heavy atom. The summed E-state index contributed by atoms with van der Waals surface area (Å²) in [4.78, 5) is 14.7. The van der Waals surface area contributed by atoms with Gasteiger partial charge in [0.1, 0.15) is 0 Å². The Morgan fingerprint density at radius 2 is 0.439 bits per heavy atom. The van der Waals surface area contributed by atoms with Gasteiger partial charge >= 0.3 is 0 Å². The third kappa shape index (κ3) is 61.6. The number of ether oxygens (including phenoxy) is 6. The van der Waals surface area contributed by atoms with Crippen LogP contribution in [0.25, 0.3) is 0 Å². The number of nitrogens with one attached hydrogen (secondary N) is 1. The van der Waals surface area contributed by atoms with Gasteiger partial charge in [-0.2, -0.15) is 5.10 Å². The van der Waals surface area contributed by atoms with Gasteiger partial charge in [-0.25, -0.2) is 5.43 Å². The van der Waals surface area contributed by atoms with Crippen LogP contribution in [0.3, 0.4) is 0 Å². The molecule has 2 aromatic rings. The number of nitrogens with zero attached hydrogens (tertiary/aromatic N) is 1. The first-order chi connectivity index (χ1) is 53.0. The number of amides is 1. The van der Waals surface area contributed by atoms with Crippen LogP contribution < -0.4 is 33.8 Å². The lowest BCUT2D eigenvalue weighted by Crippen LogP contribution is -2.18. The van der Waals surface area contributed by atoms with Gasteiger partial charge in [-0.1, -0.05) is 465 Å². The minimum atomic E-state index is -0.329. The summed E-state index contributed by atoms with van der Waals surface area (Å²) in [5, 5.41) is 4.73. The molecule has 0 aliphatic heterocycles. The van der Waals surface area contributed by atoms with E-state index in [1.165, 1.54) is 385 Å². The summed E-state index contributed by atoms with van der Waals surface area (Å²) in [7, 11) is 0. The number of unbranched alkanes of at least 4 members (excludes halogenated alkanes) is 66. The van der Waals surface area contributed by atoms with Crippen molar-refractivity contribution in [3.8, 4) is 34.5 Å². The molecule has 0 aromatic heterocycles. The molecule has 0 heterocycles. The van der Waals surface area contributed by atoms with Crippen LogP contribution >= 0.6 is 0 Å². The zero-order valence-electron chi connectivity index (χ0n) is 72.3. The molecule has 9 nitrogen and oxygen atoms in total. The average molecular weight is 1500 g/mol. The predicted octanol–water partition coefficient (Wildman–Crippen LogP) is 32.9. The number of benzene rings is 2. The van der Waals surface area contributed by atoms with Gasteiger partial charge in [0.2, 0.25) is 11.5 Å². The van der Waals surface area contributed by atoms with Gasteiger partial charge in [-0.3, -0.25) is 4.79 Å². The predicted molar refractivity (Wildman–Crippen MR) is 467 cm³/mol. The van der Waals surface area contributed by atoms with E-state index in [0.717, 1.165) is 88.4 Å². The van der Waals surface area contributed by atoms with Crippen molar-refractivity contribution >= 4 is 12.1 Å². The van der Waals surface area contributed by atoms with Crippen molar-refractivity contribution in [2.45, 2.75) is 504 Å². The summed E-state index contributed by atoms with van der Waals surface area (Å²) in [6.07, 6.45) is 94.6. The minimum absolute atomic E-state index is 0.329. The highest BCUT2D eigenvalue weighted by atomic mass is 16.5. The lowest BCUT2D eigenvalue weighted by Gasteiger charge is -2.19. The molecule has 0 spiro atoms. The zero-order valence-corrected chi connectivity index (χ0v) is 72.3. The van der Waals surface area contributed by atoms with Crippen molar-refractivity contribution < 1.29 is 33.2 Å². The van der Waals surface area contributed by atoms with Crippen LogP contribution in [0.2, 0.25) is 0 Å². The monoisotopic (exact) mass is 1500 g/mol. The maximum Gasteiger partial charge on any atom is 0.271 e. The van der Waals surface area contributed by atoms with Crippen LogP contribution in [0, 0.1) is 0 Å². The highest BCUT2D eigenvalue weighted by Gasteiger charge is 2.22. The Kier molecular flexibility index (Phi) is 74.8. The summed E-state index contributed by atoms with van der Waals surface area (Å²) in [5.74, 6) is 3.48. The molecule has 0 saturated carbocycles. The third-order valence-corrected chi connectivity index (χ3v) is 22.3. The Labute approximate surface area is 665 Å². The maximum atomic E-state index is 14.7. The van der Waals surface area contributed by atoms with Crippen molar-refractivity contribution in [3.63, 3.8) is 0 Å². The summed E-state index contributed by atoms with van der Waals surface area (Å²) >= 11 is 0. The van der Waals surface area contributed by atoms with E-state index in [0.29, 0.717) is 74.0 Å². The van der Waals surface area contributed by atoms with Crippen LogP contribution in [0.5, 0.6) is 34.5 Å². The Balaban J connectivity index is 2.46. The minimum Gasteiger partial charge on any atom is -0.490 e. The highest BCUT2D eigenvalue weighted by Crippen LogP contribution is 2.42. The molecule has 624 valence electrons. The molecule has 9 heteroatoms. The van der Waals surface area contributed by atoms with Gasteiger partial charge in [0.25, 0.3) is 5.91 Å². The molecule has 0 unspecified atom stereocenters. The fourth-order valence-corrected chi connectivity index (χ4v) is 15.1. The summed E-state index contributed by atoms with van der Waals surface area (Å²) in [6.45, 7) is 17.3. The number of carbonyl (C=O) groups is 1. The van der Waals surface area contributed by atoms with Gasteiger partial charge in [-0.15, -0.1) is 0 Å². The molecule has 0 atom stereocenters. The molecular weight excluding hydrogens is 1320 g/mol. The second kappa shape index (κ2) is 80.4. The Bertz CT molecular complexity index is 2140. The molecule has 0 aliphatic carbocycles. The van der Waals surface area contributed by atoms with Crippen molar-refractivity contribution in [2.75, 3.05) is 39.6 Å². The van der Waals surface area contributed by atoms with E-state index in [2.05, 4.69) is 47.0 Å². The number of hydrogen-bond donors (Lipinski definition) is 1. The molecule has 2 aromatic carbocycles. The quantitative estimate of drug-likeness (QED) is 0.0400. The van der Waals surface area contributed by atoms with E-state index in [1.807, 2.05) is 24.3 Å². The standard InChI is InChI=1S/C98H180N2O7/c1-7-13-19-25-31-37-43-46-49-52-58-62-68-74-82-103-93-87-91(88-94(104-83-75-69-63-59-53-50-47-44-38-32-26-20-14-8-2)96(93)106-85-77-71-65-60-54-51-48-45-39-33-27-21-15-9-3)98(101)100-99-89-90-79-80-92(102-81-73-67-61-55-40-34-28-22-16-10-4)97(107-86-78-72-66-57-42-36-30-24-18-12-6)95(90)105-84-76-70-64-56-41-35-29-23-17-11-5/h79-80,87-89H,7-78,81-86H2,1-6H3,(H,100,101)/b99-89+. The Morgan fingerprint density at radius 3 is 0.682 bits per heavy atom. The van der Waals surface area contributed by atoms with Crippen LogP contribution in [0.4, 0.5) is 0 Å². The fourth-order valence-electron chi connectivity index (χ4n) is 15.1. The van der Waals surface area contributed by atoms with Gasteiger partial charge in [0.05, 0.1) is 45.9 Å². The summed E-state index contributed by atoms with van der Waals surface area (Å²) in [6, 6.07) is 7.80. The lowest BCUT2D eigenvalue weighted by atomic mass is 10.0. The molecule has 0 bridgehead atoms. The molecular formula is C98H180N2O7. The second-order valence-corrected chi connectivity index (χ2v) is 32.7. The zero-order chi connectivity index (χ0) is 76.5. The molecule has 0 radical (unpaired) electrons. The smallest absolute Gasteiger partial charge is 0.271 e. The van der Waals surface area contributed by atoms with Gasteiger partial charge in [0.15, 0.2) is 23.0 Å². The number of rotatable bonds is 87. The van der Waals surface area contributed by atoms with Crippen molar-refractivity contribution in [1.82, 2.24) is 5.43 Å². The number of hydrazone groups is 1. The van der Waals surface area contributed by atoms with Crippen molar-refractivity contribution in [1.29, 1.82) is 0 Å². The largest absolute Gasteiger partial charge is 0.490 e. The molecule has 0 fully saturated rings. The first-order valence-electron chi connectivity index (χ1n) is 48.0. The number of carbonyl (C=O) groups excluding carboxylic acids is 1. The van der Waals surface area contributed by atoms with E-state index in [4.69, 9.17) is 33.5 Å². The third-order valence-electron chi connectivity index (χ3n) is 22.3. The first-order valence-corrected chi connectivity index (χ1v) is 48.0. The molecule has 2 rings (SSSR count). The molecule has 0 saturated heterocycles. The highest BCUT2D eigenvalue weighted by molar-refractivity contribution is 5.96. The lowest BCUT2D eigenvalue weighted by molar-refractivity contribution is 0.0953. The average Bonchev–Trinajstić information content (AvgIpc) is 0.822. The van der Waals surface area contributed by atoms with E-state index >= 15 is 0 Å². The van der Waals surface area contributed by atoms with E-state index in [-0.39, 0.29) is 5.91 Å². The van der Waals surface area contributed by atoms with E-state index < -0.39 is 0 Å². The van der Waals surface area contributed by atoms with Crippen molar-refractivity contribution in [2.24, 2.45) is 5.10 Å². The van der Waals surface area contributed by atoms with Gasteiger partial charge < -0.3 is 28.4 Å². The Hall–Kier alpha value is -3.62. The summed E-state index contributed by atoms with van der Waals surface area (Å²) in [5.41, 5.74) is 4.14. The first kappa shape index (κ1) is 99.5. The fraction of sp³-hybridized carbons (Fsp3) is 0.857. The van der Waals surface area contributed by atoms with Crippen molar-refractivity contribution in [3.05, 3.63) is 35.4 Å². The molecule has 1 N–H and O–H groups in total. The molecule has 0 aliphatic rings. The maximum absolute atomic E-state index is 14.7. The van der Waals surface area contributed by atoms with Crippen LogP contribution in [0.15, 0.2) is 29.4 Å².